The van der Waals surface area contributed by atoms with E-state index < -0.39 is 0 Å². The van der Waals surface area contributed by atoms with Crippen molar-refractivity contribution in [3.8, 4) is 0 Å². The van der Waals surface area contributed by atoms with Crippen molar-refractivity contribution in [1.29, 1.82) is 0 Å². The molecule has 0 saturated heterocycles. The zero-order valence-electron chi connectivity index (χ0n) is 8.19. The normalized spacial score (nSPS) is 18.5. The Balaban J connectivity index is 2.43. The van der Waals surface area contributed by atoms with Crippen molar-refractivity contribution in [1.82, 2.24) is 5.32 Å². The minimum atomic E-state index is 0.484. The molecule has 0 aromatic carbocycles. The predicted molar refractivity (Wildman–Crippen MR) is 53.9 cm³/mol. The molecule has 1 aliphatic rings. The summed E-state index contributed by atoms with van der Waals surface area (Å²) in [5.74, 6) is 0.825. The van der Waals surface area contributed by atoms with Crippen LogP contribution in [0, 0.1) is 5.92 Å². The lowest BCUT2D eigenvalue weighted by atomic mass is 10.1. The average molecular weight is 165 g/mol. The molecule has 0 heterocycles. The third-order valence-corrected chi connectivity index (χ3v) is 2.41. The molecule has 0 aromatic heterocycles. The SMILES string of the molecule is C=C(CC)NC(C(=C)C)C1CC1. The minimum Gasteiger partial charge on any atom is -0.382 e. The second-order valence-corrected chi connectivity index (χ2v) is 3.76. The van der Waals surface area contributed by atoms with E-state index in [9.17, 15) is 0 Å². The first kappa shape index (κ1) is 9.37. The van der Waals surface area contributed by atoms with E-state index in [1.165, 1.54) is 18.4 Å². The van der Waals surface area contributed by atoms with Crippen LogP contribution in [-0.2, 0) is 0 Å². The molecule has 0 amide bonds. The van der Waals surface area contributed by atoms with Gasteiger partial charge in [0.1, 0.15) is 0 Å². The fourth-order valence-electron chi connectivity index (χ4n) is 1.39. The molecule has 1 nitrogen and oxygen atoms in total. The molecule has 0 radical (unpaired) electrons. The summed E-state index contributed by atoms with van der Waals surface area (Å²) in [6, 6.07) is 0.484. The van der Waals surface area contributed by atoms with Crippen LogP contribution in [0.1, 0.15) is 33.1 Å². The maximum absolute atomic E-state index is 4.00. The lowest BCUT2D eigenvalue weighted by Gasteiger charge is -2.20. The first-order valence-corrected chi connectivity index (χ1v) is 4.74. The summed E-state index contributed by atoms with van der Waals surface area (Å²) in [6.07, 6.45) is 3.71. The van der Waals surface area contributed by atoms with Crippen molar-refractivity contribution in [3.63, 3.8) is 0 Å². The van der Waals surface area contributed by atoms with E-state index in [-0.39, 0.29) is 0 Å². The van der Waals surface area contributed by atoms with Gasteiger partial charge in [0.25, 0.3) is 0 Å². The highest BCUT2D eigenvalue weighted by Gasteiger charge is 2.31. The first-order chi connectivity index (χ1) is 5.65. The van der Waals surface area contributed by atoms with Gasteiger partial charge in [-0.05, 0) is 32.1 Å². The molecule has 12 heavy (non-hydrogen) atoms. The Morgan fingerprint density at radius 2 is 2.08 bits per heavy atom. The van der Waals surface area contributed by atoms with Crippen molar-refractivity contribution < 1.29 is 0 Å². The number of hydrogen-bond donors (Lipinski definition) is 1. The lowest BCUT2D eigenvalue weighted by Crippen LogP contribution is -2.30. The molecule has 0 aromatic rings. The molecule has 0 bridgehead atoms. The van der Waals surface area contributed by atoms with Crippen LogP contribution in [0.3, 0.4) is 0 Å². The molecule has 1 saturated carbocycles. The zero-order valence-corrected chi connectivity index (χ0v) is 8.19. The minimum absolute atomic E-state index is 0.484. The van der Waals surface area contributed by atoms with Crippen molar-refractivity contribution in [2.24, 2.45) is 5.92 Å². The molecular weight excluding hydrogens is 146 g/mol. The van der Waals surface area contributed by atoms with Gasteiger partial charge < -0.3 is 5.32 Å². The van der Waals surface area contributed by atoms with Crippen LogP contribution in [0.2, 0.25) is 0 Å². The van der Waals surface area contributed by atoms with Gasteiger partial charge in [0, 0.05) is 11.7 Å². The molecule has 0 aliphatic heterocycles. The molecule has 1 aliphatic carbocycles. The fraction of sp³-hybridized carbons (Fsp3) is 0.636. The quantitative estimate of drug-likeness (QED) is 0.618. The summed E-state index contributed by atoms with van der Waals surface area (Å²) in [7, 11) is 0. The second-order valence-electron chi connectivity index (χ2n) is 3.76. The summed E-state index contributed by atoms with van der Waals surface area (Å²) in [5.41, 5.74) is 2.38. The Morgan fingerprint density at radius 3 is 2.42 bits per heavy atom. The number of nitrogens with one attached hydrogen (secondary N) is 1. The summed E-state index contributed by atoms with van der Waals surface area (Å²) in [5, 5.41) is 3.43. The van der Waals surface area contributed by atoms with Gasteiger partial charge in [0.2, 0.25) is 0 Å². The van der Waals surface area contributed by atoms with Crippen LogP contribution in [-0.4, -0.2) is 6.04 Å². The van der Waals surface area contributed by atoms with Crippen LogP contribution in [0.15, 0.2) is 24.4 Å². The average Bonchev–Trinajstić information content (AvgIpc) is 2.81. The van der Waals surface area contributed by atoms with Crippen molar-refractivity contribution in [3.05, 3.63) is 24.4 Å². The summed E-state index contributed by atoms with van der Waals surface area (Å²) < 4.78 is 0. The van der Waals surface area contributed by atoms with E-state index in [1.807, 2.05) is 0 Å². The molecular formula is C11H19N. The Bertz CT molecular complexity index is 189. The third-order valence-electron chi connectivity index (χ3n) is 2.41. The van der Waals surface area contributed by atoms with Crippen molar-refractivity contribution in [2.75, 3.05) is 0 Å². The molecule has 1 rings (SSSR count). The van der Waals surface area contributed by atoms with Crippen LogP contribution in [0.4, 0.5) is 0 Å². The fourth-order valence-corrected chi connectivity index (χ4v) is 1.39. The molecule has 1 atom stereocenters. The van der Waals surface area contributed by atoms with Crippen LogP contribution in [0.5, 0.6) is 0 Å². The predicted octanol–water partition coefficient (Wildman–Crippen LogP) is 2.85. The number of hydrogen-bond acceptors (Lipinski definition) is 1. The highest BCUT2D eigenvalue weighted by molar-refractivity contribution is 5.12. The zero-order chi connectivity index (χ0) is 9.14. The lowest BCUT2D eigenvalue weighted by molar-refractivity contribution is 0.564. The third kappa shape index (κ3) is 2.40. The standard InChI is InChI=1S/C11H19N/c1-5-9(4)12-11(8(2)3)10-6-7-10/h10-12H,2,4-7H2,1,3H3. The van der Waals surface area contributed by atoms with E-state index >= 15 is 0 Å². The topological polar surface area (TPSA) is 12.0 Å². The maximum Gasteiger partial charge on any atom is 0.0493 e. The monoisotopic (exact) mass is 165 g/mol. The maximum atomic E-state index is 4.00. The van der Waals surface area contributed by atoms with E-state index in [0.29, 0.717) is 6.04 Å². The highest BCUT2D eigenvalue weighted by Crippen LogP contribution is 2.35. The van der Waals surface area contributed by atoms with E-state index in [1.54, 1.807) is 0 Å². The Morgan fingerprint density at radius 1 is 1.50 bits per heavy atom. The van der Waals surface area contributed by atoms with Crippen molar-refractivity contribution in [2.45, 2.75) is 39.2 Å². The Hall–Kier alpha value is -0.720. The van der Waals surface area contributed by atoms with Gasteiger partial charge in [0.05, 0.1) is 0 Å². The molecule has 1 heteroatoms. The molecule has 1 unspecified atom stereocenters. The van der Waals surface area contributed by atoms with Crippen LogP contribution >= 0.6 is 0 Å². The van der Waals surface area contributed by atoms with E-state index in [2.05, 4.69) is 32.3 Å². The highest BCUT2D eigenvalue weighted by atomic mass is 14.9. The van der Waals surface area contributed by atoms with Gasteiger partial charge >= 0.3 is 0 Å². The van der Waals surface area contributed by atoms with Crippen LogP contribution in [0.25, 0.3) is 0 Å². The first-order valence-electron chi connectivity index (χ1n) is 4.74. The van der Waals surface area contributed by atoms with Gasteiger partial charge in [-0.3, -0.25) is 0 Å². The van der Waals surface area contributed by atoms with Gasteiger partial charge in [-0.1, -0.05) is 25.7 Å². The number of rotatable bonds is 5. The molecule has 1 fully saturated rings. The van der Waals surface area contributed by atoms with E-state index in [4.69, 9.17) is 0 Å². The summed E-state index contributed by atoms with van der Waals surface area (Å²) in [6.45, 7) is 12.2. The van der Waals surface area contributed by atoms with Gasteiger partial charge in [0.15, 0.2) is 0 Å². The van der Waals surface area contributed by atoms with E-state index in [0.717, 1.165) is 18.0 Å². The smallest absolute Gasteiger partial charge is 0.0493 e. The second kappa shape index (κ2) is 3.79. The van der Waals surface area contributed by atoms with Gasteiger partial charge in [-0.25, -0.2) is 0 Å². The van der Waals surface area contributed by atoms with Crippen LogP contribution < -0.4 is 5.32 Å². The molecule has 68 valence electrons. The largest absolute Gasteiger partial charge is 0.382 e. The van der Waals surface area contributed by atoms with Gasteiger partial charge in [-0.15, -0.1) is 0 Å². The van der Waals surface area contributed by atoms with Gasteiger partial charge in [-0.2, -0.15) is 0 Å². The summed E-state index contributed by atoms with van der Waals surface area (Å²) in [4.78, 5) is 0. The molecule has 0 spiro atoms. The number of allylic oxidation sites excluding steroid dienone is 1. The Kier molecular flexibility index (Phi) is 2.96. The summed E-state index contributed by atoms with van der Waals surface area (Å²) >= 11 is 0. The molecule has 1 N–H and O–H groups in total. The van der Waals surface area contributed by atoms with Crippen molar-refractivity contribution >= 4 is 0 Å². The Labute approximate surface area is 75.6 Å².